The number of amides is 1. The number of aromatic nitrogens is 4. The summed E-state index contributed by atoms with van der Waals surface area (Å²) in [5, 5.41) is 4.33. The normalized spacial score (nSPS) is 14.8. The lowest BCUT2D eigenvalue weighted by Crippen LogP contribution is -2.52. The highest BCUT2D eigenvalue weighted by Gasteiger charge is 2.27. The molecule has 4 rings (SSSR count). The molecule has 1 atom stereocenters. The van der Waals surface area contributed by atoms with Gasteiger partial charge in [0.15, 0.2) is 6.10 Å². The predicted molar refractivity (Wildman–Crippen MR) is 118 cm³/mol. The topological polar surface area (TPSA) is 93.4 Å². The lowest BCUT2D eigenvalue weighted by atomic mass is 10.2. The van der Waals surface area contributed by atoms with Gasteiger partial charge >= 0.3 is 5.97 Å². The van der Waals surface area contributed by atoms with Gasteiger partial charge in [0.1, 0.15) is 0 Å². The summed E-state index contributed by atoms with van der Waals surface area (Å²) >= 11 is 0. The minimum atomic E-state index is -0.811. The molecule has 3 aromatic rings. The Bertz CT molecular complexity index is 1030. The number of nitrogens with zero attached hydrogens (tertiary/aromatic N) is 6. The number of benzene rings is 1. The van der Waals surface area contributed by atoms with E-state index in [0.29, 0.717) is 38.5 Å². The fourth-order valence-corrected chi connectivity index (χ4v) is 3.60. The largest absolute Gasteiger partial charge is 0.453 e. The van der Waals surface area contributed by atoms with E-state index >= 15 is 0 Å². The van der Waals surface area contributed by atoms with E-state index in [9.17, 15) is 9.59 Å². The first kappa shape index (κ1) is 21.5. The third-order valence-corrected chi connectivity index (χ3v) is 5.36. The van der Waals surface area contributed by atoms with E-state index < -0.39 is 12.1 Å². The Balaban J connectivity index is 1.22. The highest BCUT2D eigenvalue weighted by molar-refractivity contribution is 5.83. The number of anilines is 1. The van der Waals surface area contributed by atoms with Gasteiger partial charge in [-0.2, -0.15) is 5.10 Å². The van der Waals surface area contributed by atoms with Crippen molar-refractivity contribution in [2.24, 2.45) is 0 Å². The second kappa shape index (κ2) is 10.0. The standard InChI is InChI=1S/C23H26N6O3/c1-18(22(31)27-12-14-28(15-13-27)23-24-10-5-11-25-23)32-21(30)9-8-19-16-26-29(17-19)20-6-3-2-4-7-20/h2-7,10-11,16-18H,8-9,12-15H2,1H3. The minimum absolute atomic E-state index is 0.177. The van der Waals surface area contributed by atoms with Gasteiger partial charge in [0.25, 0.3) is 5.91 Å². The van der Waals surface area contributed by atoms with E-state index in [4.69, 9.17) is 4.74 Å². The van der Waals surface area contributed by atoms with Crippen molar-refractivity contribution >= 4 is 17.8 Å². The fourth-order valence-electron chi connectivity index (χ4n) is 3.60. The van der Waals surface area contributed by atoms with E-state index in [1.165, 1.54) is 0 Å². The Morgan fingerprint density at radius 3 is 2.47 bits per heavy atom. The van der Waals surface area contributed by atoms with Crippen molar-refractivity contribution < 1.29 is 14.3 Å². The van der Waals surface area contributed by atoms with Crippen molar-refractivity contribution in [1.82, 2.24) is 24.6 Å². The number of rotatable bonds is 7. The first-order valence-electron chi connectivity index (χ1n) is 10.7. The second-order valence-electron chi connectivity index (χ2n) is 7.62. The zero-order valence-electron chi connectivity index (χ0n) is 18.0. The van der Waals surface area contributed by atoms with E-state index in [1.807, 2.05) is 41.4 Å². The highest BCUT2D eigenvalue weighted by Crippen LogP contribution is 2.13. The summed E-state index contributed by atoms with van der Waals surface area (Å²) in [6.45, 7) is 3.99. The molecular weight excluding hydrogens is 408 g/mol. The zero-order valence-corrected chi connectivity index (χ0v) is 18.0. The molecule has 1 aliphatic rings. The molecule has 1 unspecified atom stereocenters. The number of carbonyl (C=O) groups excluding carboxylic acids is 2. The summed E-state index contributed by atoms with van der Waals surface area (Å²) < 4.78 is 7.17. The van der Waals surface area contributed by atoms with Crippen LogP contribution in [-0.2, 0) is 20.7 Å². The van der Waals surface area contributed by atoms with Crippen molar-refractivity contribution in [3.63, 3.8) is 0 Å². The number of piperazine rings is 1. The van der Waals surface area contributed by atoms with Crippen LogP contribution in [0, 0.1) is 0 Å². The number of ether oxygens (including phenoxy) is 1. The molecule has 0 aliphatic carbocycles. The fraction of sp³-hybridized carbons (Fsp3) is 0.348. The van der Waals surface area contributed by atoms with Crippen LogP contribution >= 0.6 is 0 Å². The first-order chi connectivity index (χ1) is 15.6. The van der Waals surface area contributed by atoms with E-state index in [-0.39, 0.29) is 12.3 Å². The molecule has 0 N–H and O–H groups in total. The van der Waals surface area contributed by atoms with Gasteiger partial charge in [0.05, 0.1) is 11.9 Å². The number of para-hydroxylation sites is 1. The zero-order chi connectivity index (χ0) is 22.3. The van der Waals surface area contributed by atoms with E-state index in [0.717, 1.165) is 11.3 Å². The Morgan fingerprint density at radius 1 is 1.03 bits per heavy atom. The predicted octanol–water partition coefficient (Wildman–Crippen LogP) is 1.88. The molecule has 166 valence electrons. The van der Waals surface area contributed by atoms with Gasteiger partial charge in [-0.05, 0) is 37.1 Å². The summed E-state index contributed by atoms with van der Waals surface area (Å²) in [5.41, 5.74) is 1.89. The van der Waals surface area contributed by atoms with Crippen LogP contribution in [0.4, 0.5) is 5.95 Å². The maximum absolute atomic E-state index is 12.7. The molecule has 1 saturated heterocycles. The van der Waals surface area contributed by atoms with Crippen LogP contribution in [0.15, 0.2) is 61.2 Å². The van der Waals surface area contributed by atoms with Gasteiger partial charge in [0.2, 0.25) is 5.95 Å². The second-order valence-corrected chi connectivity index (χ2v) is 7.62. The minimum Gasteiger partial charge on any atom is -0.453 e. The molecule has 3 heterocycles. The number of aryl methyl sites for hydroxylation is 1. The molecule has 0 bridgehead atoms. The maximum atomic E-state index is 12.7. The van der Waals surface area contributed by atoms with Crippen LogP contribution in [-0.4, -0.2) is 68.8 Å². The molecule has 1 aliphatic heterocycles. The monoisotopic (exact) mass is 434 g/mol. The molecule has 0 radical (unpaired) electrons. The summed E-state index contributed by atoms with van der Waals surface area (Å²) in [6.07, 6.45) is 6.92. The van der Waals surface area contributed by atoms with E-state index in [2.05, 4.69) is 15.1 Å². The first-order valence-corrected chi connectivity index (χ1v) is 10.7. The smallest absolute Gasteiger partial charge is 0.306 e. The van der Waals surface area contributed by atoms with Crippen LogP contribution in [0.3, 0.4) is 0 Å². The Hall–Kier alpha value is -3.75. The summed E-state index contributed by atoms with van der Waals surface area (Å²) in [6, 6.07) is 11.5. The summed E-state index contributed by atoms with van der Waals surface area (Å²) in [5.74, 6) is 0.0909. The third-order valence-electron chi connectivity index (χ3n) is 5.36. The third kappa shape index (κ3) is 5.29. The maximum Gasteiger partial charge on any atom is 0.306 e. The molecule has 32 heavy (non-hydrogen) atoms. The van der Waals surface area contributed by atoms with Crippen LogP contribution < -0.4 is 4.90 Å². The Morgan fingerprint density at radius 2 is 1.75 bits per heavy atom. The van der Waals surface area contributed by atoms with Crippen molar-refractivity contribution in [3.05, 3.63) is 66.7 Å². The summed E-state index contributed by atoms with van der Waals surface area (Å²) in [4.78, 5) is 37.2. The lowest BCUT2D eigenvalue weighted by Gasteiger charge is -2.35. The van der Waals surface area contributed by atoms with Crippen molar-refractivity contribution in [3.8, 4) is 5.69 Å². The van der Waals surface area contributed by atoms with Gasteiger partial charge in [-0.3, -0.25) is 9.59 Å². The average Bonchev–Trinajstić information content (AvgIpc) is 3.33. The molecule has 9 heteroatoms. The van der Waals surface area contributed by atoms with Gasteiger partial charge in [-0.25, -0.2) is 14.6 Å². The Labute approximate surface area is 186 Å². The van der Waals surface area contributed by atoms with Gasteiger partial charge in [0, 0.05) is 51.2 Å². The molecule has 2 aromatic heterocycles. The molecule has 0 spiro atoms. The molecular formula is C23H26N6O3. The van der Waals surface area contributed by atoms with Crippen molar-refractivity contribution in [2.45, 2.75) is 25.9 Å². The van der Waals surface area contributed by atoms with Gasteiger partial charge in [-0.1, -0.05) is 18.2 Å². The van der Waals surface area contributed by atoms with Crippen molar-refractivity contribution in [2.75, 3.05) is 31.1 Å². The van der Waals surface area contributed by atoms with Crippen LogP contribution in [0.1, 0.15) is 18.9 Å². The van der Waals surface area contributed by atoms with E-state index in [1.54, 1.807) is 41.2 Å². The molecule has 1 fully saturated rings. The summed E-state index contributed by atoms with van der Waals surface area (Å²) in [7, 11) is 0. The highest BCUT2D eigenvalue weighted by atomic mass is 16.5. The van der Waals surface area contributed by atoms with Crippen molar-refractivity contribution in [1.29, 1.82) is 0 Å². The lowest BCUT2D eigenvalue weighted by molar-refractivity contribution is -0.159. The van der Waals surface area contributed by atoms with Crippen LogP contribution in [0.5, 0.6) is 0 Å². The SMILES string of the molecule is CC(OC(=O)CCc1cnn(-c2ccccc2)c1)C(=O)N1CCN(c2ncccn2)CC1. The molecule has 1 aromatic carbocycles. The number of hydrogen-bond donors (Lipinski definition) is 0. The number of hydrogen-bond acceptors (Lipinski definition) is 7. The van der Waals surface area contributed by atoms with Gasteiger partial charge < -0.3 is 14.5 Å². The molecule has 0 saturated carbocycles. The van der Waals surface area contributed by atoms with Crippen LogP contribution in [0.25, 0.3) is 5.69 Å². The number of esters is 1. The molecule has 9 nitrogen and oxygen atoms in total. The van der Waals surface area contributed by atoms with Gasteiger partial charge in [-0.15, -0.1) is 0 Å². The Kier molecular flexibility index (Phi) is 6.74. The van der Waals surface area contributed by atoms with Crippen LogP contribution in [0.2, 0.25) is 0 Å². The number of carbonyl (C=O) groups is 2. The molecule has 1 amide bonds. The quantitative estimate of drug-likeness (QED) is 0.524. The average molecular weight is 435 g/mol.